The molecule has 0 aliphatic rings. The van der Waals surface area contributed by atoms with Gasteiger partial charge in [0.2, 0.25) is 5.89 Å². The molecule has 118 valence electrons. The van der Waals surface area contributed by atoms with Crippen molar-refractivity contribution in [3.05, 3.63) is 46.3 Å². The molecule has 3 aromatic rings. The van der Waals surface area contributed by atoms with Gasteiger partial charge in [0.1, 0.15) is 4.91 Å². The number of hydrogen-bond acceptors (Lipinski definition) is 5. The molecule has 0 radical (unpaired) electrons. The number of aryl methyl sites for hydroxylation is 2. The zero-order chi connectivity index (χ0) is 16.4. The Labute approximate surface area is 136 Å². The SMILES string of the molecule is CCc1nnc(S/C(=C\c2c(C)[nH]c3ccccc23)C(=O)O)o1. The van der Waals surface area contributed by atoms with Crippen molar-refractivity contribution >= 4 is 34.7 Å². The van der Waals surface area contributed by atoms with Crippen LogP contribution in [0.2, 0.25) is 0 Å². The van der Waals surface area contributed by atoms with Crippen LogP contribution in [-0.4, -0.2) is 26.3 Å². The minimum Gasteiger partial charge on any atom is -0.477 e. The third-order valence-electron chi connectivity index (χ3n) is 3.38. The number of hydrogen-bond donors (Lipinski definition) is 2. The fourth-order valence-corrected chi connectivity index (χ4v) is 2.94. The average Bonchev–Trinajstić information content (AvgIpc) is 3.11. The van der Waals surface area contributed by atoms with Crippen LogP contribution in [0.25, 0.3) is 17.0 Å². The van der Waals surface area contributed by atoms with E-state index in [2.05, 4.69) is 15.2 Å². The molecule has 0 fully saturated rings. The maximum atomic E-state index is 11.6. The van der Waals surface area contributed by atoms with Gasteiger partial charge in [-0.25, -0.2) is 4.79 Å². The number of nitrogens with zero attached hydrogens (tertiary/aromatic N) is 2. The van der Waals surface area contributed by atoms with Gasteiger partial charge >= 0.3 is 5.97 Å². The van der Waals surface area contributed by atoms with Crippen LogP contribution in [0.1, 0.15) is 24.1 Å². The molecule has 2 heterocycles. The second-order valence-corrected chi connectivity index (χ2v) is 5.93. The molecule has 3 rings (SSSR count). The van der Waals surface area contributed by atoms with Gasteiger partial charge in [-0.05, 0) is 30.8 Å². The molecule has 0 atom stereocenters. The molecule has 2 aromatic heterocycles. The zero-order valence-corrected chi connectivity index (χ0v) is 13.5. The van der Waals surface area contributed by atoms with E-state index in [1.807, 2.05) is 38.1 Å². The molecular formula is C16H15N3O3S. The number of carbonyl (C=O) groups is 1. The number of carboxylic acid groups (broad SMARTS) is 1. The van der Waals surface area contributed by atoms with Gasteiger partial charge in [-0.2, -0.15) is 0 Å². The molecule has 0 aliphatic heterocycles. The van der Waals surface area contributed by atoms with Crippen LogP contribution in [0, 0.1) is 6.92 Å². The van der Waals surface area contributed by atoms with Gasteiger partial charge in [0, 0.05) is 28.6 Å². The highest BCUT2D eigenvalue weighted by molar-refractivity contribution is 8.03. The molecule has 0 amide bonds. The summed E-state index contributed by atoms with van der Waals surface area (Å²) in [6.45, 7) is 3.81. The van der Waals surface area contributed by atoms with Crippen molar-refractivity contribution in [2.45, 2.75) is 25.5 Å². The second-order valence-electron chi connectivity index (χ2n) is 4.94. The Morgan fingerprint density at radius 3 is 2.87 bits per heavy atom. The summed E-state index contributed by atoms with van der Waals surface area (Å²) >= 11 is 0.956. The van der Waals surface area contributed by atoms with E-state index in [4.69, 9.17) is 4.42 Å². The number of aromatic amines is 1. The van der Waals surface area contributed by atoms with Crippen LogP contribution in [-0.2, 0) is 11.2 Å². The number of rotatable bonds is 5. The molecule has 0 spiro atoms. The summed E-state index contributed by atoms with van der Waals surface area (Å²) in [6, 6.07) is 7.77. The van der Waals surface area contributed by atoms with E-state index in [1.165, 1.54) is 0 Å². The van der Waals surface area contributed by atoms with Crippen LogP contribution in [0.4, 0.5) is 0 Å². The van der Waals surface area contributed by atoms with Crippen LogP contribution in [0.3, 0.4) is 0 Å². The Bertz CT molecular complexity index is 895. The van der Waals surface area contributed by atoms with Crippen molar-refractivity contribution in [1.29, 1.82) is 0 Å². The first-order valence-electron chi connectivity index (χ1n) is 7.11. The van der Waals surface area contributed by atoms with Crippen molar-refractivity contribution in [3.8, 4) is 0 Å². The third-order valence-corrected chi connectivity index (χ3v) is 4.23. The summed E-state index contributed by atoms with van der Waals surface area (Å²) in [5.74, 6) is -0.545. The lowest BCUT2D eigenvalue weighted by atomic mass is 10.1. The highest BCUT2D eigenvalue weighted by Crippen LogP contribution is 2.31. The number of para-hydroxylation sites is 1. The first-order chi connectivity index (χ1) is 11.1. The molecule has 2 N–H and O–H groups in total. The Hall–Kier alpha value is -2.54. The van der Waals surface area contributed by atoms with Crippen molar-refractivity contribution in [2.75, 3.05) is 0 Å². The van der Waals surface area contributed by atoms with Crippen LogP contribution >= 0.6 is 11.8 Å². The number of thioether (sulfide) groups is 1. The number of aliphatic carboxylic acids is 1. The van der Waals surface area contributed by atoms with Crippen LogP contribution in [0.5, 0.6) is 0 Å². The monoisotopic (exact) mass is 329 g/mol. The molecular weight excluding hydrogens is 314 g/mol. The number of nitrogens with one attached hydrogen (secondary N) is 1. The topological polar surface area (TPSA) is 92.0 Å². The maximum Gasteiger partial charge on any atom is 0.342 e. The summed E-state index contributed by atoms with van der Waals surface area (Å²) in [7, 11) is 0. The van der Waals surface area contributed by atoms with Gasteiger partial charge in [0.25, 0.3) is 5.22 Å². The second kappa shape index (κ2) is 6.29. The summed E-state index contributed by atoms with van der Waals surface area (Å²) in [4.78, 5) is 14.9. The predicted molar refractivity (Wildman–Crippen MR) is 88.2 cm³/mol. The largest absolute Gasteiger partial charge is 0.477 e. The van der Waals surface area contributed by atoms with E-state index in [-0.39, 0.29) is 10.1 Å². The van der Waals surface area contributed by atoms with E-state index in [9.17, 15) is 9.90 Å². The van der Waals surface area contributed by atoms with E-state index in [0.717, 1.165) is 33.9 Å². The number of carboxylic acids is 1. The number of benzene rings is 1. The van der Waals surface area contributed by atoms with Gasteiger partial charge in [-0.15, -0.1) is 10.2 Å². The van der Waals surface area contributed by atoms with Crippen molar-refractivity contribution in [1.82, 2.24) is 15.2 Å². The number of fused-ring (bicyclic) bond motifs is 1. The van der Waals surface area contributed by atoms with Gasteiger partial charge < -0.3 is 14.5 Å². The summed E-state index contributed by atoms with van der Waals surface area (Å²) in [5.41, 5.74) is 2.73. The summed E-state index contributed by atoms with van der Waals surface area (Å²) in [5, 5.41) is 18.4. The molecule has 0 aliphatic carbocycles. The Morgan fingerprint density at radius 1 is 1.39 bits per heavy atom. The molecule has 0 saturated heterocycles. The minimum absolute atomic E-state index is 0.129. The Balaban J connectivity index is 2.01. The highest BCUT2D eigenvalue weighted by Gasteiger charge is 2.16. The fraction of sp³-hybridized carbons (Fsp3) is 0.188. The molecule has 1 aromatic carbocycles. The van der Waals surface area contributed by atoms with Crippen molar-refractivity contribution in [3.63, 3.8) is 0 Å². The van der Waals surface area contributed by atoms with Crippen LogP contribution < -0.4 is 0 Å². The highest BCUT2D eigenvalue weighted by atomic mass is 32.2. The van der Waals surface area contributed by atoms with Gasteiger partial charge in [0.15, 0.2) is 0 Å². The summed E-state index contributed by atoms with van der Waals surface area (Å²) in [6.07, 6.45) is 2.25. The lowest BCUT2D eigenvalue weighted by molar-refractivity contribution is -0.131. The maximum absolute atomic E-state index is 11.6. The zero-order valence-electron chi connectivity index (χ0n) is 12.7. The van der Waals surface area contributed by atoms with Gasteiger partial charge in [0.05, 0.1) is 0 Å². The fourth-order valence-electron chi connectivity index (χ4n) is 2.27. The lowest BCUT2D eigenvalue weighted by Gasteiger charge is -1.99. The average molecular weight is 329 g/mol. The molecule has 23 heavy (non-hydrogen) atoms. The number of aromatic nitrogens is 3. The van der Waals surface area contributed by atoms with E-state index in [0.29, 0.717) is 12.3 Å². The molecule has 0 saturated carbocycles. The Morgan fingerprint density at radius 2 is 2.17 bits per heavy atom. The molecule has 0 unspecified atom stereocenters. The summed E-state index contributed by atoms with van der Waals surface area (Å²) < 4.78 is 5.38. The quantitative estimate of drug-likeness (QED) is 0.548. The molecule has 0 bridgehead atoms. The van der Waals surface area contributed by atoms with E-state index in [1.54, 1.807) is 6.08 Å². The first-order valence-corrected chi connectivity index (χ1v) is 7.92. The van der Waals surface area contributed by atoms with Crippen molar-refractivity contribution < 1.29 is 14.3 Å². The number of H-pyrrole nitrogens is 1. The van der Waals surface area contributed by atoms with Crippen LogP contribution in [0.15, 0.2) is 38.8 Å². The minimum atomic E-state index is -1.03. The standard InChI is InChI=1S/C16H15N3O3S/c1-3-14-18-19-16(22-14)23-13(15(20)21)8-11-9(2)17-12-7-5-4-6-10(11)12/h4-8,17H,3H2,1-2H3,(H,20,21)/b13-8-. The smallest absolute Gasteiger partial charge is 0.342 e. The Kier molecular flexibility index (Phi) is 4.20. The molecule has 6 nitrogen and oxygen atoms in total. The first kappa shape index (κ1) is 15.4. The van der Waals surface area contributed by atoms with Gasteiger partial charge in [-0.1, -0.05) is 25.1 Å². The third kappa shape index (κ3) is 3.14. The normalized spacial score (nSPS) is 12.0. The predicted octanol–water partition coefficient (Wildman–Crippen LogP) is 3.64. The lowest BCUT2D eigenvalue weighted by Crippen LogP contribution is -1.97. The molecule has 7 heteroatoms. The van der Waals surface area contributed by atoms with Gasteiger partial charge in [-0.3, -0.25) is 0 Å². The van der Waals surface area contributed by atoms with Crippen molar-refractivity contribution in [2.24, 2.45) is 0 Å². The van der Waals surface area contributed by atoms with E-state index < -0.39 is 5.97 Å². The van der Waals surface area contributed by atoms with E-state index >= 15 is 0 Å².